The van der Waals surface area contributed by atoms with Gasteiger partial charge in [0.2, 0.25) is 5.91 Å². The molecule has 1 aromatic rings. The third kappa shape index (κ3) is 2.71. The highest BCUT2D eigenvalue weighted by molar-refractivity contribution is 5.92. The Morgan fingerprint density at radius 3 is 2.25 bits per heavy atom. The first kappa shape index (κ1) is 13.2. The van der Waals surface area contributed by atoms with Gasteiger partial charge in [-0.05, 0) is 37.8 Å². The van der Waals surface area contributed by atoms with Crippen molar-refractivity contribution in [3.8, 4) is 0 Å². The Morgan fingerprint density at radius 2 is 1.65 bits per heavy atom. The summed E-state index contributed by atoms with van der Waals surface area (Å²) in [5.41, 5.74) is 0.836. The van der Waals surface area contributed by atoms with Gasteiger partial charge < -0.3 is 15.1 Å². The predicted octanol–water partition coefficient (Wildman–Crippen LogP) is 2.24. The van der Waals surface area contributed by atoms with Gasteiger partial charge in [-0.3, -0.25) is 4.79 Å². The quantitative estimate of drug-likeness (QED) is 0.918. The van der Waals surface area contributed by atoms with Gasteiger partial charge in [0.15, 0.2) is 5.82 Å². The van der Waals surface area contributed by atoms with E-state index in [2.05, 4.69) is 15.1 Å². The zero-order valence-electron chi connectivity index (χ0n) is 12.1. The maximum absolute atomic E-state index is 11.4. The lowest BCUT2D eigenvalue weighted by molar-refractivity contribution is -0.114. The van der Waals surface area contributed by atoms with Crippen LogP contribution in [0.5, 0.6) is 0 Å². The Bertz CT molecular complexity index is 491. The van der Waals surface area contributed by atoms with Crippen molar-refractivity contribution in [2.75, 3.05) is 41.3 Å². The molecule has 0 radical (unpaired) electrons. The molecule has 1 amide bonds. The van der Waals surface area contributed by atoms with Crippen molar-refractivity contribution in [2.45, 2.75) is 32.6 Å². The fourth-order valence-corrected chi connectivity index (χ4v) is 3.02. The molecule has 0 spiro atoms. The molecule has 20 heavy (non-hydrogen) atoms. The SMILES string of the molecule is CC(=O)Nc1ccc(N2CCCC2)nc1N1CCCC1. The van der Waals surface area contributed by atoms with Crippen molar-refractivity contribution >= 4 is 23.2 Å². The van der Waals surface area contributed by atoms with E-state index in [1.54, 1.807) is 6.92 Å². The standard InChI is InChI=1S/C15H22N4O/c1-12(20)16-13-6-7-14(18-8-2-3-9-18)17-15(13)19-10-4-5-11-19/h6-7H,2-5,8-11H2,1H3,(H,16,20). The van der Waals surface area contributed by atoms with Gasteiger partial charge >= 0.3 is 0 Å². The van der Waals surface area contributed by atoms with Gasteiger partial charge in [-0.25, -0.2) is 4.98 Å². The highest BCUT2D eigenvalue weighted by atomic mass is 16.1. The molecule has 0 aromatic carbocycles. The Morgan fingerprint density at radius 1 is 1.05 bits per heavy atom. The second kappa shape index (κ2) is 5.69. The molecule has 0 unspecified atom stereocenters. The molecule has 2 saturated heterocycles. The first-order valence-electron chi connectivity index (χ1n) is 7.52. The largest absolute Gasteiger partial charge is 0.357 e. The highest BCUT2D eigenvalue weighted by Crippen LogP contribution is 2.30. The van der Waals surface area contributed by atoms with Crippen molar-refractivity contribution < 1.29 is 4.79 Å². The third-order valence-corrected chi connectivity index (χ3v) is 4.01. The van der Waals surface area contributed by atoms with E-state index >= 15 is 0 Å². The molecule has 1 aromatic heterocycles. The van der Waals surface area contributed by atoms with Gasteiger partial charge in [0, 0.05) is 33.1 Å². The Labute approximate surface area is 120 Å². The summed E-state index contributed by atoms with van der Waals surface area (Å²) in [7, 11) is 0. The van der Waals surface area contributed by atoms with E-state index in [-0.39, 0.29) is 5.91 Å². The van der Waals surface area contributed by atoms with Crippen LogP contribution in [0.1, 0.15) is 32.6 Å². The van der Waals surface area contributed by atoms with Crippen LogP contribution in [0.15, 0.2) is 12.1 Å². The number of pyridine rings is 1. The fourth-order valence-electron chi connectivity index (χ4n) is 3.02. The highest BCUT2D eigenvalue weighted by Gasteiger charge is 2.21. The summed E-state index contributed by atoms with van der Waals surface area (Å²) in [6.45, 7) is 5.78. The van der Waals surface area contributed by atoms with E-state index < -0.39 is 0 Å². The number of anilines is 3. The average Bonchev–Trinajstić information content (AvgIpc) is 3.12. The Kier molecular flexibility index (Phi) is 3.76. The molecule has 2 fully saturated rings. The molecule has 2 aliphatic heterocycles. The van der Waals surface area contributed by atoms with E-state index in [4.69, 9.17) is 4.98 Å². The van der Waals surface area contributed by atoms with Gasteiger partial charge in [-0.2, -0.15) is 0 Å². The third-order valence-electron chi connectivity index (χ3n) is 4.01. The number of amides is 1. The first-order chi connectivity index (χ1) is 9.74. The van der Waals surface area contributed by atoms with Crippen LogP contribution in [-0.2, 0) is 4.79 Å². The van der Waals surface area contributed by atoms with Crippen molar-refractivity contribution in [3.63, 3.8) is 0 Å². The Hall–Kier alpha value is -1.78. The van der Waals surface area contributed by atoms with Gasteiger partial charge in [-0.15, -0.1) is 0 Å². The minimum atomic E-state index is -0.0406. The summed E-state index contributed by atoms with van der Waals surface area (Å²) in [5, 5.41) is 2.91. The second-order valence-corrected chi connectivity index (χ2v) is 5.61. The lowest BCUT2D eigenvalue weighted by Gasteiger charge is -2.23. The fraction of sp³-hybridized carbons (Fsp3) is 0.600. The van der Waals surface area contributed by atoms with Crippen LogP contribution in [0, 0.1) is 0 Å². The number of carbonyl (C=O) groups is 1. The van der Waals surface area contributed by atoms with Gasteiger partial charge in [-0.1, -0.05) is 0 Å². The summed E-state index contributed by atoms with van der Waals surface area (Å²) in [5.74, 6) is 1.93. The summed E-state index contributed by atoms with van der Waals surface area (Å²) in [6, 6.07) is 4.02. The Balaban J connectivity index is 1.91. The van der Waals surface area contributed by atoms with Gasteiger partial charge in [0.05, 0.1) is 5.69 Å². The van der Waals surface area contributed by atoms with Crippen molar-refractivity contribution in [2.24, 2.45) is 0 Å². The number of nitrogens with one attached hydrogen (secondary N) is 1. The van der Waals surface area contributed by atoms with E-state index in [9.17, 15) is 4.79 Å². The van der Waals surface area contributed by atoms with E-state index in [0.717, 1.165) is 43.5 Å². The molecule has 0 saturated carbocycles. The number of nitrogens with zero attached hydrogens (tertiary/aromatic N) is 3. The van der Waals surface area contributed by atoms with Gasteiger partial charge in [0.25, 0.3) is 0 Å². The maximum atomic E-state index is 11.4. The normalized spacial score (nSPS) is 18.6. The molecule has 1 N–H and O–H groups in total. The average molecular weight is 274 g/mol. The molecule has 0 bridgehead atoms. The molecular weight excluding hydrogens is 252 g/mol. The number of hydrogen-bond donors (Lipinski definition) is 1. The van der Waals surface area contributed by atoms with Crippen LogP contribution in [-0.4, -0.2) is 37.1 Å². The summed E-state index contributed by atoms with van der Waals surface area (Å²) in [6.07, 6.45) is 4.90. The molecular formula is C15H22N4O. The van der Waals surface area contributed by atoms with Crippen LogP contribution < -0.4 is 15.1 Å². The number of carbonyl (C=O) groups excluding carboxylic acids is 1. The number of hydrogen-bond acceptors (Lipinski definition) is 4. The summed E-state index contributed by atoms with van der Waals surface area (Å²) in [4.78, 5) is 20.8. The zero-order valence-corrected chi connectivity index (χ0v) is 12.1. The minimum Gasteiger partial charge on any atom is -0.357 e. The van der Waals surface area contributed by atoms with Crippen LogP contribution in [0.2, 0.25) is 0 Å². The monoisotopic (exact) mass is 274 g/mol. The minimum absolute atomic E-state index is 0.0406. The maximum Gasteiger partial charge on any atom is 0.221 e. The topological polar surface area (TPSA) is 48.5 Å². The lowest BCUT2D eigenvalue weighted by Crippen LogP contribution is -2.24. The van der Waals surface area contributed by atoms with Crippen LogP contribution >= 0.6 is 0 Å². The van der Waals surface area contributed by atoms with Crippen molar-refractivity contribution in [3.05, 3.63) is 12.1 Å². The van der Waals surface area contributed by atoms with E-state index in [1.165, 1.54) is 25.7 Å². The van der Waals surface area contributed by atoms with Crippen LogP contribution in [0.25, 0.3) is 0 Å². The number of rotatable bonds is 3. The molecule has 0 atom stereocenters. The summed E-state index contributed by atoms with van der Waals surface area (Å²) < 4.78 is 0. The van der Waals surface area contributed by atoms with Crippen LogP contribution in [0.3, 0.4) is 0 Å². The molecule has 3 rings (SSSR count). The van der Waals surface area contributed by atoms with Gasteiger partial charge in [0.1, 0.15) is 5.82 Å². The first-order valence-corrected chi connectivity index (χ1v) is 7.52. The molecule has 0 aliphatic carbocycles. The predicted molar refractivity (Wildman–Crippen MR) is 81.4 cm³/mol. The molecule has 5 heteroatoms. The lowest BCUT2D eigenvalue weighted by atomic mass is 10.3. The molecule has 2 aliphatic rings. The molecule has 5 nitrogen and oxygen atoms in total. The van der Waals surface area contributed by atoms with Crippen LogP contribution in [0.4, 0.5) is 17.3 Å². The van der Waals surface area contributed by atoms with Crippen molar-refractivity contribution in [1.82, 2.24) is 4.98 Å². The molecule has 3 heterocycles. The number of aromatic nitrogens is 1. The second-order valence-electron chi connectivity index (χ2n) is 5.61. The zero-order chi connectivity index (χ0) is 13.9. The van der Waals surface area contributed by atoms with E-state index in [0.29, 0.717) is 0 Å². The van der Waals surface area contributed by atoms with E-state index in [1.807, 2.05) is 12.1 Å². The summed E-state index contributed by atoms with van der Waals surface area (Å²) >= 11 is 0. The van der Waals surface area contributed by atoms with Crippen molar-refractivity contribution in [1.29, 1.82) is 0 Å². The smallest absolute Gasteiger partial charge is 0.221 e. The molecule has 108 valence electrons.